The van der Waals surface area contributed by atoms with E-state index in [1.807, 2.05) is 18.2 Å². The first-order chi connectivity index (χ1) is 12.3. The minimum absolute atomic E-state index is 0.0796. The van der Waals surface area contributed by atoms with Gasteiger partial charge in [0.15, 0.2) is 0 Å². The van der Waals surface area contributed by atoms with Gasteiger partial charge in [0.1, 0.15) is 0 Å². The van der Waals surface area contributed by atoms with Gasteiger partial charge >= 0.3 is 5.97 Å². The van der Waals surface area contributed by atoms with Gasteiger partial charge in [-0.05, 0) is 36.9 Å². The second-order valence-electron chi connectivity index (χ2n) is 6.90. The Morgan fingerprint density at radius 1 is 1.00 bits per heavy atom. The molecule has 1 atom stereocenters. The monoisotopic (exact) mass is 337 g/mol. The molecule has 0 radical (unpaired) electrons. The van der Waals surface area contributed by atoms with Crippen molar-refractivity contribution >= 4 is 5.97 Å². The van der Waals surface area contributed by atoms with E-state index in [1.165, 1.54) is 17.5 Å². The molecular weight excluding hydrogens is 310 g/mol. The molecule has 1 saturated heterocycles. The van der Waals surface area contributed by atoms with Crippen molar-refractivity contribution in [1.29, 1.82) is 0 Å². The number of benzene rings is 2. The molecule has 0 N–H and O–H groups in total. The summed E-state index contributed by atoms with van der Waals surface area (Å²) < 4.78 is 5.54. The Kier molecular flexibility index (Phi) is 6.63. The summed E-state index contributed by atoms with van der Waals surface area (Å²) in [5, 5.41) is 0. The van der Waals surface area contributed by atoms with Gasteiger partial charge in [0.2, 0.25) is 0 Å². The SMILES string of the molecule is O=C(CCc1ccccc1)OCC1CCCN(Cc2ccccc2)C1. The molecule has 1 aliphatic rings. The minimum atomic E-state index is -0.0796. The Hall–Kier alpha value is -2.13. The largest absolute Gasteiger partial charge is 0.465 e. The zero-order valence-corrected chi connectivity index (χ0v) is 14.8. The highest BCUT2D eigenvalue weighted by Gasteiger charge is 2.21. The fourth-order valence-corrected chi connectivity index (χ4v) is 3.45. The molecule has 1 aliphatic heterocycles. The first-order valence-electron chi connectivity index (χ1n) is 9.25. The lowest BCUT2D eigenvalue weighted by Crippen LogP contribution is -2.37. The highest BCUT2D eigenvalue weighted by atomic mass is 16.5. The van der Waals surface area contributed by atoms with Gasteiger partial charge in [0, 0.05) is 25.4 Å². The average molecular weight is 337 g/mol. The lowest BCUT2D eigenvalue weighted by atomic mass is 9.98. The van der Waals surface area contributed by atoms with Gasteiger partial charge in [-0.25, -0.2) is 0 Å². The molecular formula is C22H27NO2. The molecule has 3 heteroatoms. The lowest BCUT2D eigenvalue weighted by Gasteiger charge is -2.32. The van der Waals surface area contributed by atoms with Crippen molar-refractivity contribution in [2.24, 2.45) is 5.92 Å². The van der Waals surface area contributed by atoms with Crippen molar-refractivity contribution in [2.45, 2.75) is 32.2 Å². The van der Waals surface area contributed by atoms with E-state index in [2.05, 4.69) is 47.4 Å². The van der Waals surface area contributed by atoms with Crippen LogP contribution < -0.4 is 0 Å². The van der Waals surface area contributed by atoms with E-state index in [9.17, 15) is 4.79 Å². The molecule has 0 bridgehead atoms. The number of carbonyl (C=O) groups excluding carboxylic acids is 1. The van der Waals surface area contributed by atoms with Crippen LogP contribution in [0.15, 0.2) is 60.7 Å². The minimum Gasteiger partial charge on any atom is -0.465 e. The summed E-state index contributed by atoms with van der Waals surface area (Å²) in [5.41, 5.74) is 2.54. The summed E-state index contributed by atoms with van der Waals surface area (Å²) in [5.74, 6) is 0.377. The summed E-state index contributed by atoms with van der Waals surface area (Å²) in [6, 6.07) is 20.7. The molecule has 1 heterocycles. The van der Waals surface area contributed by atoms with Crippen LogP contribution in [0.2, 0.25) is 0 Å². The number of piperidine rings is 1. The summed E-state index contributed by atoms with van der Waals surface area (Å²) in [6.45, 7) is 3.69. The molecule has 0 spiro atoms. The molecule has 2 aromatic rings. The number of carbonyl (C=O) groups is 1. The van der Waals surface area contributed by atoms with Crippen molar-refractivity contribution < 1.29 is 9.53 Å². The first kappa shape index (κ1) is 17.7. The smallest absolute Gasteiger partial charge is 0.306 e. The fraction of sp³-hybridized carbons (Fsp3) is 0.409. The Labute approximate surface area is 150 Å². The van der Waals surface area contributed by atoms with Crippen LogP contribution in [-0.4, -0.2) is 30.6 Å². The Morgan fingerprint density at radius 2 is 1.68 bits per heavy atom. The second kappa shape index (κ2) is 9.38. The average Bonchev–Trinajstić information content (AvgIpc) is 2.67. The van der Waals surface area contributed by atoms with Crippen molar-refractivity contribution in [1.82, 2.24) is 4.90 Å². The number of hydrogen-bond acceptors (Lipinski definition) is 3. The molecule has 1 unspecified atom stereocenters. The van der Waals surface area contributed by atoms with Crippen molar-refractivity contribution in [2.75, 3.05) is 19.7 Å². The number of likely N-dealkylation sites (tertiary alicyclic amines) is 1. The van der Waals surface area contributed by atoms with Gasteiger partial charge in [-0.2, -0.15) is 0 Å². The molecule has 3 rings (SSSR count). The Balaban J connectivity index is 1.38. The van der Waals surface area contributed by atoms with E-state index in [4.69, 9.17) is 4.74 Å². The van der Waals surface area contributed by atoms with Crippen LogP contribution in [0.1, 0.15) is 30.4 Å². The molecule has 25 heavy (non-hydrogen) atoms. The van der Waals surface area contributed by atoms with Crippen LogP contribution in [0.4, 0.5) is 0 Å². The second-order valence-corrected chi connectivity index (χ2v) is 6.90. The number of nitrogens with zero attached hydrogens (tertiary/aromatic N) is 1. The zero-order chi connectivity index (χ0) is 17.3. The molecule has 0 saturated carbocycles. The Morgan fingerprint density at radius 3 is 2.40 bits per heavy atom. The molecule has 0 aromatic heterocycles. The fourth-order valence-electron chi connectivity index (χ4n) is 3.45. The van der Waals surface area contributed by atoms with E-state index in [1.54, 1.807) is 0 Å². The third kappa shape index (κ3) is 6.02. The van der Waals surface area contributed by atoms with Crippen LogP contribution in [-0.2, 0) is 22.5 Å². The molecule has 132 valence electrons. The molecule has 1 fully saturated rings. The summed E-state index contributed by atoms with van der Waals surface area (Å²) in [4.78, 5) is 14.5. The number of esters is 1. The highest BCUT2D eigenvalue weighted by molar-refractivity contribution is 5.69. The number of ether oxygens (including phenoxy) is 1. The maximum Gasteiger partial charge on any atom is 0.306 e. The van der Waals surface area contributed by atoms with Crippen LogP contribution in [0, 0.1) is 5.92 Å². The van der Waals surface area contributed by atoms with Gasteiger partial charge in [-0.15, -0.1) is 0 Å². The van der Waals surface area contributed by atoms with Gasteiger partial charge in [-0.3, -0.25) is 9.69 Å². The summed E-state index contributed by atoms with van der Waals surface area (Å²) >= 11 is 0. The molecule has 0 aliphatic carbocycles. The van der Waals surface area contributed by atoms with E-state index in [-0.39, 0.29) is 5.97 Å². The molecule has 0 amide bonds. The van der Waals surface area contributed by atoms with E-state index >= 15 is 0 Å². The summed E-state index contributed by atoms with van der Waals surface area (Å²) in [7, 11) is 0. The zero-order valence-electron chi connectivity index (χ0n) is 14.8. The first-order valence-corrected chi connectivity index (χ1v) is 9.25. The topological polar surface area (TPSA) is 29.5 Å². The lowest BCUT2D eigenvalue weighted by molar-refractivity contribution is -0.145. The molecule has 2 aromatic carbocycles. The van der Waals surface area contributed by atoms with Crippen LogP contribution in [0.5, 0.6) is 0 Å². The summed E-state index contributed by atoms with van der Waals surface area (Å²) in [6.07, 6.45) is 3.55. The van der Waals surface area contributed by atoms with E-state index in [0.717, 1.165) is 32.5 Å². The predicted octanol–water partition coefficient (Wildman–Crippen LogP) is 4.07. The number of rotatable bonds is 7. The van der Waals surface area contributed by atoms with Gasteiger partial charge in [0.25, 0.3) is 0 Å². The standard InChI is InChI=1S/C22H27NO2/c24-22(14-13-19-8-3-1-4-9-19)25-18-21-12-7-15-23(17-21)16-20-10-5-2-6-11-20/h1-6,8-11,21H,7,12-18H2. The maximum atomic E-state index is 12.0. The van der Waals surface area contributed by atoms with E-state index < -0.39 is 0 Å². The quantitative estimate of drug-likeness (QED) is 0.713. The number of hydrogen-bond donors (Lipinski definition) is 0. The van der Waals surface area contributed by atoms with Crippen molar-refractivity contribution in [3.63, 3.8) is 0 Å². The maximum absolute atomic E-state index is 12.0. The van der Waals surface area contributed by atoms with Crippen molar-refractivity contribution in [3.8, 4) is 0 Å². The third-order valence-corrected chi connectivity index (χ3v) is 4.79. The number of aryl methyl sites for hydroxylation is 1. The van der Waals surface area contributed by atoms with E-state index in [0.29, 0.717) is 18.9 Å². The van der Waals surface area contributed by atoms with Crippen LogP contribution >= 0.6 is 0 Å². The van der Waals surface area contributed by atoms with Crippen LogP contribution in [0.3, 0.4) is 0 Å². The normalized spacial score (nSPS) is 18.0. The predicted molar refractivity (Wildman–Crippen MR) is 100 cm³/mol. The van der Waals surface area contributed by atoms with Crippen LogP contribution in [0.25, 0.3) is 0 Å². The highest BCUT2D eigenvalue weighted by Crippen LogP contribution is 2.19. The van der Waals surface area contributed by atoms with Crippen molar-refractivity contribution in [3.05, 3.63) is 71.8 Å². The Bertz CT molecular complexity index is 642. The van der Waals surface area contributed by atoms with Gasteiger partial charge < -0.3 is 4.74 Å². The molecule has 3 nitrogen and oxygen atoms in total. The third-order valence-electron chi connectivity index (χ3n) is 4.79. The van der Waals surface area contributed by atoms with Gasteiger partial charge in [0.05, 0.1) is 6.61 Å². The van der Waals surface area contributed by atoms with Gasteiger partial charge in [-0.1, -0.05) is 60.7 Å².